The maximum atomic E-state index is 13.0. The number of carbonyl (C=O) groups excluding carboxylic acids is 2. The molecule has 1 fully saturated rings. The molecule has 154 valence electrons. The van der Waals surface area contributed by atoms with Gasteiger partial charge in [0.25, 0.3) is 0 Å². The number of rotatable bonds is 4. The fourth-order valence-electron chi connectivity index (χ4n) is 3.11. The Morgan fingerprint density at radius 3 is 2.59 bits per heavy atom. The van der Waals surface area contributed by atoms with Gasteiger partial charge < -0.3 is 10.1 Å². The zero-order valence-electron chi connectivity index (χ0n) is 15.2. The van der Waals surface area contributed by atoms with Gasteiger partial charge >= 0.3 is 12.3 Å². The highest BCUT2D eigenvalue weighted by molar-refractivity contribution is 6.31. The Labute approximate surface area is 170 Å². The standard InChI is InChI=1S/C20H18ClF3N2O3/c21-16-9-8-14(11-15(16)20(22,23)24)25-18(27)17-7-4-10-26(17)19(28)29-12-13-5-2-1-3-6-13/h1-3,5-6,8-9,11,17H,4,7,10,12H2,(H,25,27). The van der Waals surface area contributed by atoms with Crippen LogP contribution in [0.4, 0.5) is 23.7 Å². The summed E-state index contributed by atoms with van der Waals surface area (Å²) in [6, 6.07) is 11.4. The third-order valence-electron chi connectivity index (χ3n) is 4.53. The van der Waals surface area contributed by atoms with Gasteiger partial charge in [-0.15, -0.1) is 0 Å². The summed E-state index contributed by atoms with van der Waals surface area (Å²) in [5.41, 5.74) is -0.277. The lowest BCUT2D eigenvalue weighted by Gasteiger charge is -2.23. The van der Waals surface area contributed by atoms with Crippen molar-refractivity contribution in [1.82, 2.24) is 4.90 Å². The Hall–Kier alpha value is -2.74. The van der Waals surface area contributed by atoms with Crippen LogP contribution in [0, 0.1) is 0 Å². The fraction of sp³-hybridized carbons (Fsp3) is 0.300. The van der Waals surface area contributed by atoms with E-state index < -0.39 is 34.8 Å². The molecule has 2 aromatic carbocycles. The summed E-state index contributed by atoms with van der Waals surface area (Å²) in [6.45, 7) is 0.400. The molecule has 1 atom stereocenters. The maximum absolute atomic E-state index is 13.0. The van der Waals surface area contributed by atoms with Crippen molar-refractivity contribution in [2.45, 2.75) is 31.7 Å². The van der Waals surface area contributed by atoms with Gasteiger partial charge in [0.2, 0.25) is 5.91 Å². The second kappa shape index (κ2) is 8.73. The Morgan fingerprint density at radius 2 is 1.90 bits per heavy atom. The van der Waals surface area contributed by atoms with E-state index in [1.165, 1.54) is 11.0 Å². The maximum Gasteiger partial charge on any atom is 0.417 e. The van der Waals surface area contributed by atoms with E-state index in [1.807, 2.05) is 18.2 Å². The van der Waals surface area contributed by atoms with Crippen LogP contribution < -0.4 is 5.32 Å². The number of nitrogens with zero attached hydrogens (tertiary/aromatic N) is 1. The van der Waals surface area contributed by atoms with Crippen LogP contribution in [0.5, 0.6) is 0 Å². The third kappa shape index (κ3) is 5.20. The molecule has 1 N–H and O–H groups in total. The van der Waals surface area contributed by atoms with Gasteiger partial charge in [-0.1, -0.05) is 41.9 Å². The lowest BCUT2D eigenvalue weighted by Crippen LogP contribution is -2.43. The van der Waals surface area contributed by atoms with Crippen LogP contribution >= 0.6 is 11.6 Å². The summed E-state index contributed by atoms with van der Waals surface area (Å²) in [6.07, 6.45) is -4.30. The van der Waals surface area contributed by atoms with E-state index in [0.29, 0.717) is 19.4 Å². The van der Waals surface area contributed by atoms with Crippen LogP contribution in [0.2, 0.25) is 5.02 Å². The predicted molar refractivity (Wildman–Crippen MR) is 101 cm³/mol. The van der Waals surface area contributed by atoms with Gasteiger partial charge in [0.1, 0.15) is 12.6 Å². The van der Waals surface area contributed by atoms with Crippen molar-refractivity contribution in [3.63, 3.8) is 0 Å². The van der Waals surface area contributed by atoms with Crippen molar-refractivity contribution >= 4 is 29.3 Å². The van der Waals surface area contributed by atoms with E-state index in [-0.39, 0.29) is 12.3 Å². The van der Waals surface area contributed by atoms with Crippen molar-refractivity contribution in [2.75, 3.05) is 11.9 Å². The summed E-state index contributed by atoms with van der Waals surface area (Å²) in [5, 5.41) is 1.98. The van der Waals surface area contributed by atoms with Crippen molar-refractivity contribution in [2.24, 2.45) is 0 Å². The number of anilines is 1. The number of benzene rings is 2. The van der Waals surface area contributed by atoms with E-state index in [1.54, 1.807) is 12.1 Å². The second-order valence-corrected chi connectivity index (χ2v) is 6.98. The van der Waals surface area contributed by atoms with Gasteiger partial charge in [0, 0.05) is 12.2 Å². The normalized spacial score (nSPS) is 16.6. The van der Waals surface area contributed by atoms with Crippen LogP contribution in [-0.2, 0) is 22.3 Å². The first-order chi connectivity index (χ1) is 13.8. The Bertz CT molecular complexity index is 890. The molecular weight excluding hydrogens is 409 g/mol. The first-order valence-corrected chi connectivity index (χ1v) is 9.28. The van der Waals surface area contributed by atoms with Crippen molar-refractivity contribution in [1.29, 1.82) is 0 Å². The van der Waals surface area contributed by atoms with Gasteiger partial charge in [-0.3, -0.25) is 9.69 Å². The monoisotopic (exact) mass is 426 g/mol. The molecule has 1 saturated heterocycles. The molecule has 1 unspecified atom stereocenters. The summed E-state index contributed by atoms with van der Waals surface area (Å²) in [7, 11) is 0. The molecule has 0 saturated carbocycles. The van der Waals surface area contributed by atoms with Gasteiger partial charge in [0.15, 0.2) is 0 Å². The fourth-order valence-corrected chi connectivity index (χ4v) is 3.33. The minimum Gasteiger partial charge on any atom is -0.445 e. The van der Waals surface area contributed by atoms with Gasteiger partial charge in [-0.25, -0.2) is 4.79 Å². The van der Waals surface area contributed by atoms with Gasteiger partial charge in [-0.05, 0) is 36.6 Å². The van der Waals surface area contributed by atoms with E-state index >= 15 is 0 Å². The number of likely N-dealkylation sites (tertiary alicyclic amines) is 1. The molecule has 3 rings (SSSR count). The highest BCUT2D eigenvalue weighted by atomic mass is 35.5. The summed E-state index contributed by atoms with van der Waals surface area (Å²) in [4.78, 5) is 26.2. The minimum atomic E-state index is -4.64. The number of halogens is 4. The number of carbonyl (C=O) groups is 2. The lowest BCUT2D eigenvalue weighted by atomic mass is 10.1. The third-order valence-corrected chi connectivity index (χ3v) is 4.86. The highest BCUT2D eigenvalue weighted by Gasteiger charge is 2.36. The SMILES string of the molecule is O=C(Nc1ccc(Cl)c(C(F)(F)F)c1)C1CCCN1C(=O)OCc1ccccc1. The second-order valence-electron chi connectivity index (χ2n) is 6.57. The van der Waals surface area contributed by atoms with E-state index in [2.05, 4.69) is 5.32 Å². The molecule has 0 aromatic heterocycles. The Kier molecular flexibility index (Phi) is 6.32. The highest BCUT2D eigenvalue weighted by Crippen LogP contribution is 2.36. The quantitative estimate of drug-likeness (QED) is 0.740. The topological polar surface area (TPSA) is 58.6 Å². The number of alkyl halides is 3. The smallest absolute Gasteiger partial charge is 0.417 e. The molecule has 29 heavy (non-hydrogen) atoms. The number of nitrogens with one attached hydrogen (secondary N) is 1. The van der Waals surface area contributed by atoms with Crippen LogP contribution in [0.25, 0.3) is 0 Å². The molecule has 2 aromatic rings. The zero-order chi connectivity index (χ0) is 21.0. The van der Waals surface area contributed by atoms with Crippen LogP contribution in [-0.4, -0.2) is 29.5 Å². The van der Waals surface area contributed by atoms with Crippen molar-refractivity contribution in [3.8, 4) is 0 Å². The van der Waals surface area contributed by atoms with Gasteiger partial charge in [-0.2, -0.15) is 13.2 Å². The van der Waals surface area contributed by atoms with Crippen molar-refractivity contribution < 1.29 is 27.5 Å². The molecule has 5 nitrogen and oxygen atoms in total. The average molecular weight is 427 g/mol. The molecule has 0 bridgehead atoms. The predicted octanol–water partition coefficient (Wildman–Crippen LogP) is 5.10. The summed E-state index contributed by atoms with van der Waals surface area (Å²) >= 11 is 5.59. The molecule has 1 aliphatic rings. The minimum absolute atomic E-state index is 0.0452. The molecule has 1 heterocycles. The number of amides is 2. The lowest BCUT2D eigenvalue weighted by molar-refractivity contribution is -0.137. The number of ether oxygens (including phenoxy) is 1. The average Bonchev–Trinajstić information content (AvgIpc) is 3.17. The molecular formula is C20H18ClF3N2O3. The van der Waals surface area contributed by atoms with Crippen LogP contribution in [0.1, 0.15) is 24.0 Å². The first kappa shape index (κ1) is 21.0. The van der Waals surface area contributed by atoms with E-state index in [4.69, 9.17) is 16.3 Å². The van der Waals surface area contributed by atoms with E-state index in [9.17, 15) is 22.8 Å². The molecule has 0 aliphatic carbocycles. The molecule has 0 spiro atoms. The number of hydrogen-bond donors (Lipinski definition) is 1. The number of hydrogen-bond acceptors (Lipinski definition) is 3. The Morgan fingerprint density at radius 1 is 1.17 bits per heavy atom. The largest absolute Gasteiger partial charge is 0.445 e. The Balaban J connectivity index is 1.65. The van der Waals surface area contributed by atoms with Crippen molar-refractivity contribution in [3.05, 3.63) is 64.7 Å². The summed E-state index contributed by atoms with van der Waals surface area (Å²) in [5.74, 6) is -0.574. The molecule has 2 amide bonds. The summed E-state index contributed by atoms with van der Waals surface area (Å²) < 4.78 is 44.2. The molecule has 9 heteroatoms. The first-order valence-electron chi connectivity index (χ1n) is 8.90. The van der Waals surface area contributed by atoms with Gasteiger partial charge in [0.05, 0.1) is 10.6 Å². The zero-order valence-corrected chi connectivity index (χ0v) is 16.0. The van der Waals surface area contributed by atoms with Crippen LogP contribution in [0.3, 0.4) is 0 Å². The molecule has 0 radical (unpaired) electrons. The molecule has 1 aliphatic heterocycles. The van der Waals surface area contributed by atoms with E-state index in [0.717, 1.165) is 17.7 Å². The van der Waals surface area contributed by atoms with Crippen LogP contribution in [0.15, 0.2) is 48.5 Å².